The molecule has 0 aliphatic rings. The van der Waals surface area contributed by atoms with Crippen LogP contribution in [0.25, 0.3) is 0 Å². The zero-order chi connectivity index (χ0) is 13.1. The molecule has 0 aliphatic heterocycles. The molecule has 0 radical (unpaired) electrons. The van der Waals surface area contributed by atoms with Gasteiger partial charge in [0.25, 0.3) is 5.91 Å². The van der Waals surface area contributed by atoms with Gasteiger partial charge in [-0.1, -0.05) is 17.7 Å². The van der Waals surface area contributed by atoms with Crippen LogP contribution in [0.3, 0.4) is 0 Å². The highest BCUT2D eigenvalue weighted by Crippen LogP contribution is 2.23. The van der Waals surface area contributed by atoms with Gasteiger partial charge >= 0.3 is 0 Å². The van der Waals surface area contributed by atoms with Crippen molar-refractivity contribution in [3.8, 4) is 0 Å². The molecule has 0 atom stereocenters. The van der Waals surface area contributed by atoms with Crippen molar-refractivity contribution in [2.45, 2.75) is 6.92 Å². The number of amides is 1. The van der Waals surface area contributed by atoms with Crippen molar-refractivity contribution in [2.75, 3.05) is 5.32 Å². The standard InChI is InChI=1S/C13H11ClN2O2/c1-8-2-4-10(14)11(6-8)16-13(18)9-3-5-12(17)15-7-9/h2-7H,1H3,(H,15,17)(H,16,18). The molecule has 2 rings (SSSR count). The number of carbonyl (C=O) groups is 1. The molecule has 92 valence electrons. The van der Waals surface area contributed by atoms with Crippen LogP contribution in [0.2, 0.25) is 5.02 Å². The molecular weight excluding hydrogens is 252 g/mol. The number of benzene rings is 1. The minimum Gasteiger partial charge on any atom is -0.328 e. The van der Waals surface area contributed by atoms with E-state index >= 15 is 0 Å². The SMILES string of the molecule is Cc1ccc(Cl)c(NC(=O)c2ccc(=O)[nH]c2)c1. The maximum absolute atomic E-state index is 11.9. The minimum absolute atomic E-state index is 0.250. The van der Waals surface area contributed by atoms with Crippen LogP contribution in [-0.2, 0) is 0 Å². The predicted octanol–water partition coefficient (Wildman–Crippen LogP) is 2.59. The van der Waals surface area contributed by atoms with Crippen molar-refractivity contribution in [2.24, 2.45) is 0 Å². The van der Waals surface area contributed by atoms with Gasteiger partial charge in [-0.05, 0) is 30.7 Å². The van der Waals surface area contributed by atoms with Crippen molar-refractivity contribution in [3.05, 3.63) is 63.0 Å². The molecule has 1 heterocycles. The predicted molar refractivity (Wildman–Crippen MR) is 71.2 cm³/mol. The minimum atomic E-state index is -0.321. The summed E-state index contributed by atoms with van der Waals surface area (Å²) < 4.78 is 0. The second-order valence-electron chi connectivity index (χ2n) is 3.88. The number of rotatable bonds is 2. The van der Waals surface area contributed by atoms with E-state index in [4.69, 9.17) is 11.6 Å². The molecule has 0 fully saturated rings. The normalized spacial score (nSPS) is 10.1. The molecule has 2 N–H and O–H groups in total. The second kappa shape index (κ2) is 5.06. The summed E-state index contributed by atoms with van der Waals surface area (Å²) in [5.74, 6) is -0.321. The van der Waals surface area contributed by atoms with Gasteiger partial charge in [-0.15, -0.1) is 0 Å². The zero-order valence-electron chi connectivity index (χ0n) is 9.66. The van der Waals surface area contributed by atoms with Crippen LogP contribution in [0.15, 0.2) is 41.3 Å². The summed E-state index contributed by atoms with van der Waals surface area (Å²) in [5, 5.41) is 3.16. The lowest BCUT2D eigenvalue weighted by Crippen LogP contribution is -2.14. The van der Waals surface area contributed by atoms with Crippen LogP contribution in [0.4, 0.5) is 5.69 Å². The summed E-state index contributed by atoms with van der Waals surface area (Å²) in [6, 6.07) is 8.12. The van der Waals surface area contributed by atoms with Gasteiger partial charge in [-0.25, -0.2) is 0 Å². The summed E-state index contributed by atoms with van der Waals surface area (Å²) in [4.78, 5) is 25.2. The number of hydrogen-bond donors (Lipinski definition) is 2. The van der Waals surface area contributed by atoms with Gasteiger partial charge in [-0.2, -0.15) is 0 Å². The lowest BCUT2D eigenvalue weighted by molar-refractivity contribution is 0.102. The fourth-order valence-electron chi connectivity index (χ4n) is 1.48. The quantitative estimate of drug-likeness (QED) is 0.874. The average Bonchev–Trinajstić information content (AvgIpc) is 2.34. The van der Waals surface area contributed by atoms with Gasteiger partial charge in [0, 0.05) is 12.3 Å². The van der Waals surface area contributed by atoms with Crippen molar-refractivity contribution in [1.29, 1.82) is 0 Å². The Balaban J connectivity index is 2.23. The summed E-state index contributed by atoms with van der Waals surface area (Å²) >= 11 is 5.98. The van der Waals surface area contributed by atoms with Crippen LogP contribution in [0.1, 0.15) is 15.9 Å². The van der Waals surface area contributed by atoms with Crippen molar-refractivity contribution in [3.63, 3.8) is 0 Å². The van der Waals surface area contributed by atoms with Crippen molar-refractivity contribution >= 4 is 23.2 Å². The molecule has 5 heteroatoms. The fourth-order valence-corrected chi connectivity index (χ4v) is 1.65. The number of aromatic nitrogens is 1. The number of H-pyrrole nitrogens is 1. The Labute approximate surface area is 109 Å². The Hall–Kier alpha value is -2.07. The molecule has 4 nitrogen and oxygen atoms in total. The van der Waals surface area contributed by atoms with Gasteiger partial charge in [0.1, 0.15) is 0 Å². The molecular formula is C13H11ClN2O2. The van der Waals surface area contributed by atoms with E-state index in [1.807, 2.05) is 13.0 Å². The highest BCUT2D eigenvalue weighted by molar-refractivity contribution is 6.33. The summed E-state index contributed by atoms with van der Waals surface area (Å²) in [6.45, 7) is 1.91. The molecule has 1 amide bonds. The van der Waals surface area contributed by atoms with Gasteiger partial charge in [0.15, 0.2) is 0 Å². The largest absolute Gasteiger partial charge is 0.328 e. The van der Waals surface area contributed by atoms with Gasteiger partial charge in [-0.3, -0.25) is 9.59 Å². The second-order valence-corrected chi connectivity index (χ2v) is 4.29. The number of halogens is 1. The molecule has 0 spiro atoms. The Morgan fingerprint density at radius 3 is 2.72 bits per heavy atom. The Morgan fingerprint density at radius 1 is 1.28 bits per heavy atom. The zero-order valence-corrected chi connectivity index (χ0v) is 10.4. The number of nitrogens with one attached hydrogen (secondary N) is 2. The number of aryl methyl sites for hydroxylation is 1. The Bertz CT molecular complexity index is 629. The van der Waals surface area contributed by atoms with Gasteiger partial charge in [0.2, 0.25) is 5.56 Å². The highest BCUT2D eigenvalue weighted by Gasteiger charge is 2.08. The molecule has 0 saturated carbocycles. The Morgan fingerprint density at radius 2 is 2.06 bits per heavy atom. The Kier molecular flexibility index (Phi) is 3.48. The van der Waals surface area contributed by atoms with Crippen LogP contribution in [0, 0.1) is 6.92 Å². The van der Waals surface area contributed by atoms with E-state index in [0.29, 0.717) is 16.3 Å². The van der Waals surface area contributed by atoms with E-state index in [1.165, 1.54) is 18.3 Å². The number of aromatic amines is 1. The first kappa shape index (κ1) is 12.4. The third-order valence-electron chi connectivity index (χ3n) is 2.42. The lowest BCUT2D eigenvalue weighted by atomic mass is 10.2. The molecule has 2 aromatic rings. The molecule has 18 heavy (non-hydrogen) atoms. The molecule has 1 aromatic heterocycles. The van der Waals surface area contributed by atoms with Gasteiger partial charge < -0.3 is 10.3 Å². The first-order valence-electron chi connectivity index (χ1n) is 5.32. The monoisotopic (exact) mass is 262 g/mol. The summed E-state index contributed by atoms with van der Waals surface area (Å²) in [6.07, 6.45) is 1.36. The first-order chi connectivity index (χ1) is 8.56. The van der Waals surface area contributed by atoms with E-state index in [0.717, 1.165) is 5.56 Å². The first-order valence-corrected chi connectivity index (χ1v) is 5.70. The van der Waals surface area contributed by atoms with E-state index in [1.54, 1.807) is 12.1 Å². The smallest absolute Gasteiger partial charge is 0.257 e. The average molecular weight is 263 g/mol. The van der Waals surface area contributed by atoms with Crippen LogP contribution < -0.4 is 10.9 Å². The fraction of sp³-hybridized carbons (Fsp3) is 0.0769. The van der Waals surface area contributed by atoms with E-state index in [-0.39, 0.29) is 11.5 Å². The van der Waals surface area contributed by atoms with Gasteiger partial charge in [0.05, 0.1) is 16.3 Å². The number of anilines is 1. The highest BCUT2D eigenvalue weighted by atomic mass is 35.5. The van der Waals surface area contributed by atoms with E-state index < -0.39 is 0 Å². The summed E-state index contributed by atoms with van der Waals surface area (Å²) in [5.41, 5.74) is 1.66. The van der Waals surface area contributed by atoms with Crippen molar-refractivity contribution < 1.29 is 4.79 Å². The summed E-state index contributed by atoms with van der Waals surface area (Å²) in [7, 11) is 0. The maximum Gasteiger partial charge on any atom is 0.257 e. The molecule has 0 unspecified atom stereocenters. The van der Waals surface area contributed by atoms with Crippen LogP contribution in [0.5, 0.6) is 0 Å². The molecule has 1 aromatic carbocycles. The maximum atomic E-state index is 11.9. The lowest BCUT2D eigenvalue weighted by Gasteiger charge is -2.07. The molecule has 0 aliphatic carbocycles. The van der Waals surface area contributed by atoms with Crippen LogP contribution in [-0.4, -0.2) is 10.9 Å². The van der Waals surface area contributed by atoms with E-state index in [9.17, 15) is 9.59 Å². The third kappa shape index (κ3) is 2.78. The number of pyridine rings is 1. The number of carbonyl (C=O) groups excluding carboxylic acids is 1. The molecule has 0 saturated heterocycles. The number of hydrogen-bond acceptors (Lipinski definition) is 2. The van der Waals surface area contributed by atoms with Crippen molar-refractivity contribution in [1.82, 2.24) is 4.98 Å². The molecule has 0 bridgehead atoms. The topological polar surface area (TPSA) is 62.0 Å². The third-order valence-corrected chi connectivity index (χ3v) is 2.75. The van der Waals surface area contributed by atoms with E-state index in [2.05, 4.69) is 10.3 Å². The van der Waals surface area contributed by atoms with Crippen LogP contribution >= 0.6 is 11.6 Å².